The summed E-state index contributed by atoms with van der Waals surface area (Å²) in [5.41, 5.74) is 5.04. The van der Waals surface area contributed by atoms with Gasteiger partial charge in [0.1, 0.15) is 5.69 Å². The van der Waals surface area contributed by atoms with Crippen LogP contribution < -0.4 is 5.43 Å². The minimum atomic E-state index is -0.388. The second-order valence-corrected chi connectivity index (χ2v) is 5.80. The van der Waals surface area contributed by atoms with Gasteiger partial charge in [0.15, 0.2) is 0 Å². The number of hydrazone groups is 1. The lowest BCUT2D eigenvalue weighted by molar-refractivity contribution is 0.0950. The summed E-state index contributed by atoms with van der Waals surface area (Å²) in [5.74, 6) is -0.388. The molecule has 0 radical (unpaired) electrons. The van der Waals surface area contributed by atoms with Gasteiger partial charge in [-0.1, -0.05) is 47.5 Å². The predicted molar refractivity (Wildman–Crippen MR) is 95.5 cm³/mol. The largest absolute Gasteiger partial charge is 0.289 e. The lowest BCUT2D eigenvalue weighted by Crippen LogP contribution is -2.17. The Labute approximate surface area is 148 Å². The fourth-order valence-corrected chi connectivity index (χ4v) is 2.34. The van der Waals surface area contributed by atoms with Crippen molar-refractivity contribution in [2.45, 2.75) is 0 Å². The average Bonchev–Trinajstić information content (AvgIpc) is 3.05. The van der Waals surface area contributed by atoms with Gasteiger partial charge in [0.05, 0.1) is 11.9 Å². The van der Waals surface area contributed by atoms with Crippen molar-refractivity contribution in [2.75, 3.05) is 0 Å². The zero-order valence-corrected chi connectivity index (χ0v) is 13.8. The van der Waals surface area contributed by atoms with Crippen LogP contribution in [0.1, 0.15) is 16.1 Å². The van der Waals surface area contributed by atoms with Gasteiger partial charge in [0.2, 0.25) is 0 Å². The summed E-state index contributed by atoms with van der Waals surface area (Å²) in [5, 5.41) is 12.0. The molecule has 24 heavy (non-hydrogen) atoms. The number of halogens is 2. The zero-order chi connectivity index (χ0) is 16.9. The number of carbonyl (C=O) groups is 1. The zero-order valence-electron chi connectivity index (χ0n) is 12.3. The summed E-state index contributed by atoms with van der Waals surface area (Å²) >= 11 is 11.7. The van der Waals surface area contributed by atoms with Crippen molar-refractivity contribution >= 4 is 35.3 Å². The van der Waals surface area contributed by atoms with Crippen molar-refractivity contribution in [1.82, 2.24) is 15.6 Å². The normalized spacial score (nSPS) is 10.9. The van der Waals surface area contributed by atoms with Crippen molar-refractivity contribution in [3.8, 4) is 11.3 Å². The first-order valence-corrected chi connectivity index (χ1v) is 7.78. The van der Waals surface area contributed by atoms with Crippen LogP contribution in [-0.2, 0) is 0 Å². The number of carbonyl (C=O) groups excluding carboxylic acids is 1. The van der Waals surface area contributed by atoms with Crippen LogP contribution in [0, 0.1) is 0 Å². The summed E-state index contributed by atoms with van der Waals surface area (Å²) in [7, 11) is 0. The van der Waals surface area contributed by atoms with E-state index in [-0.39, 0.29) is 5.91 Å². The molecule has 7 heteroatoms. The molecule has 3 aromatic rings. The standard InChI is InChI=1S/C17H12Cl2N4O/c18-13-6-4-12(5-7-13)15-9-16(22-21-15)17(24)23-20-10-11-2-1-3-14(19)8-11/h1-10H,(H,21,22)(H,23,24). The first-order chi connectivity index (χ1) is 11.6. The molecule has 5 nitrogen and oxygen atoms in total. The number of nitrogens with one attached hydrogen (secondary N) is 2. The Balaban J connectivity index is 1.66. The smallest absolute Gasteiger partial charge is 0.272 e. The summed E-state index contributed by atoms with van der Waals surface area (Å²) in [4.78, 5) is 12.1. The molecule has 1 heterocycles. The number of H-pyrrole nitrogens is 1. The maximum Gasteiger partial charge on any atom is 0.289 e. The molecule has 2 N–H and O–H groups in total. The van der Waals surface area contributed by atoms with Crippen LogP contribution in [-0.4, -0.2) is 22.3 Å². The Morgan fingerprint density at radius 3 is 2.62 bits per heavy atom. The molecule has 0 fully saturated rings. The molecule has 3 rings (SSSR count). The molecule has 1 amide bonds. The Kier molecular flexibility index (Phi) is 4.93. The van der Waals surface area contributed by atoms with Crippen LogP contribution in [0.5, 0.6) is 0 Å². The highest BCUT2D eigenvalue weighted by Crippen LogP contribution is 2.20. The Bertz CT molecular complexity index is 888. The van der Waals surface area contributed by atoms with Crippen molar-refractivity contribution < 1.29 is 4.79 Å². The van der Waals surface area contributed by atoms with Crippen LogP contribution in [0.15, 0.2) is 59.7 Å². The quantitative estimate of drug-likeness (QED) is 0.543. The summed E-state index contributed by atoms with van der Waals surface area (Å²) in [6.45, 7) is 0. The molecule has 2 aromatic carbocycles. The number of aromatic nitrogens is 2. The molecule has 0 bridgehead atoms. The number of hydrogen-bond donors (Lipinski definition) is 2. The fraction of sp³-hybridized carbons (Fsp3) is 0. The van der Waals surface area contributed by atoms with Crippen LogP contribution >= 0.6 is 23.2 Å². The van der Waals surface area contributed by atoms with Crippen LogP contribution in [0.4, 0.5) is 0 Å². The van der Waals surface area contributed by atoms with Crippen molar-refractivity contribution in [1.29, 1.82) is 0 Å². The summed E-state index contributed by atoms with van der Waals surface area (Å²) in [6.07, 6.45) is 1.51. The van der Waals surface area contributed by atoms with Gasteiger partial charge >= 0.3 is 0 Å². The van der Waals surface area contributed by atoms with Gasteiger partial charge in [0, 0.05) is 15.6 Å². The number of hydrogen-bond acceptors (Lipinski definition) is 3. The van der Waals surface area contributed by atoms with Crippen molar-refractivity contribution in [2.24, 2.45) is 5.10 Å². The Hall–Kier alpha value is -2.63. The van der Waals surface area contributed by atoms with E-state index in [0.717, 1.165) is 11.1 Å². The minimum absolute atomic E-state index is 0.309. The molecular formula is C17H12Cl2N4O. The van der Waals surface area contributed by atoms with E-state index in [2.05, 4.69) is 20.7 Å². The van der Waals surface area contributed by atoms with Crippen molar-refractivity contribution in [3.63, 3.8) is 0 Å². The maximum atomic E-state index is 12.1. The van der Waals surface area contributed by atoms with E-state index in [1.54, 1.807) is 36.4 Å². The number of aromatic amines is 1. The molecule has 0 saturated carbocycles. The second kappa shape index (κ2) is 7.29. The van der Waals surface area contributed by atoms with Gasteiger partial charge in [-0.3, -0.25) is 9.89 Å². The first-order valence-electron chi connectivity index (χ1n) is 7.02. The van der Waals surface area contributed by atoms with Crippen LogP contribution in [0.2, 0.25) is 10.0 Å². The van der Waals surface area contributed by atoms with Crippen LogP contribution in [0.25, 0.3) is 11.3 Å². The molecule has 120 valence electrons. The van der Waals surface area contributed by atoms with Gasteiger partial charge in [-0.25, -0.2) is 5.43 Å². The molecule has 0 saturated heterocycles. The van der Waals surface area contributed by atoms with Gasteiger partial charge < -0.3 is 0 Å². The third-order valence-corrected chi connectivity index (χ3v) is 3.68. The molecule has 0 spiro atoms. The SMILES string of the molecule is O=C(NN=Cc1cccc(Cl)c1)c1cc(-c2ccc(Cl)cc2)n[nH]1. The highest BCUT2D eigenvalue weighted by atomic mass is 35.5. The third kappa shape index (κ3) is 4.01. The monoisotopic (exact) mass is 358 g/mol. The Morgan fingerprint density at radius 2 is 1.88 bits per heavy atom. The lowest BCUT2D eigenvalue weighted by Gasteiger charge is -1.97. The predicted octanol–water partition coefficient (Wildman–Crippen LogP) is 4.15. The van der Waals surface area contributed by atoms with E-state index in [4.69, 9.17) is 23.2 Å². The molecule has 0 atom stereocenters. The average molecular weight is 359 g/mol. The topological polar surface area (TPSA) is 70.1 Å². The number of nitrogens with zero attached hydrogens (tertiary/aromatic N) is 2. The highest BCUT2D eigenvalue weighted by Gasteiger charge is 2.10. The second-order valence-electron chi connectivity index (χ2n) is 4.93. The van der Waals surface area contributed by atoms with E-state index in [1.165, 1.54) is 6.21 Å². The highest BCUT2D eigenvalue weighted by molar-refractivity contribution is 6.31. The number of rotatable bonds is 4. The van der Waals surface area contributed by atoms with Gasteiger partial charge in [-0.05, 0) is 35.9 Å². The maximum absolute atomic E-state index is 12.1. The minimum Gasteiger partial charge on any atom is -0.272 e. The molecule has 0 aliphatic heterocycles. The number of amides is 1. The van der Waals surface area contributed by atoms with Gasteiger partial charge in [-0.2, -0.15) is 10.2 Å². The van der Waals surface area contributed by atoms with E-state index in [9.17, 15) is 4.79 Å². The number of benzene rings is 2. The van der Waals surface area contributed by atoms with E-state index in [1.807, 2.05) is 18.2 Å². The lowest BCUT2D eigenvalue weighted by atomic mass is 10.1. The van der Waals surface area contributed by atoms with E-state index >= 15 is 0 Å². The van der Waals surface area contributed by atoms with Gasteiger partial charge in [-0.15, -0.1) is 0 Å². The molecule has 0 aliphatic rings. The third-order valence-electron chi connectivity index (χ3n) is 3.19. The fourth-order valence-electron chi connectivity index (χ4n) is 2.02. The molecule has 1 aromatic heterocycles. The molecule has 0 unspecified atom stereocenters. The first kappa shape index (κ1) is 16.2. The summed E-state index contributed by atoms with van der Waals surface area (Å²) in [6, 6.07) is 16.0. The Morgan fingerprint density at radius 1 is 1.08 bits per heavy atom. The van der Waals surface area contributed by atoms with E-state index in [0.29, 0.717) is 21.4 Å². The molecule has 0 aliphatic carbocycles. The molecular weight excluding hydrogens is 347 g/mol. The van der Waals surface area contributed by atoms with Crippen molar-refractivity contribution in [3.05, 3.63) is 75.9 Å². The van der Waals surface area contributed by atoms with E-state index < -0.39 is 0 Å². The van der Waals surface area contributed by atoms with Gasteiger partial charge in [0.25, 0.3) is 5.91 Å². The summed E-state index contributed by atoms with van der Waals surface area (Å²) < 4.78 is 0. The van der Waals surface area contributed by atoms with Crippen LogP contribution in [0.3, 0.4) is 0 Å².